The van der Waals surface area contributed by atoms with Crippen molar-refractivity contribution in [2.45, 2.75) is 50.7 Å². The molecule has 1 aromatic carbocycles. The molecule has 3 rings (SSSR count). The summed E-state index contributed by atoms with van der Waals surface area (Å²) in [5, 5.41) is 17.1. The van der Waals surface area contributed by atoms with Gasteiger partial charge in [0.15, 0.2) is 0 Å². The summed E-state index contributed by atoms with van der Waals surface area (Å²) in [6, 6.07) is 9.90. The van der Waals surface area contributed by atoms with E-state index in [-0.39, 0.29) is 12.6 Å². The van der Waals surface area contributed by atoms with Gasteiger partial charge in [-0.15, -0.1) is 11.3 Å². The van der Waals surface area contributed by atoms with Crippen LogP contribution in [0.2, 0.25) is 0 Å². The summed E-state index contributed by atoms with van der Waals surface area (Å²) in [6.45, 7) is 1.65. The maximum Gasteiger partial charge on any atom is 0.309 e. The standard InChI is InChI=1S/C19H24N2O3S/c1-19(24,16-11-13-7-5-6-10-15(13)25-16)12-20-17(22)18(23)21-14-8-3-2-4-9-14/h5-7,10-11,14,24H,2-4,8-9,12H2,1H3,(H,20,22)(H,21,23). The summed E-state index contributed by atoms with van der Waals surface area (Å²) in [6.07, 6.45) is 5.23. The number of carbonyl (C=O) groups is 2. The third kappa shape index (κ3) is 4.38. The van der Waals surface area contributed by atoms with Crippen LogP contribution in [0.25, 0.3) is 10.1 Å². The van der Waals surface area contributed by atoms with Gasteiger partial charge in [-0.3, -0.25) is 9.59 Å². The van der Waals surface area contributed by atoms with Gasteiger partial charge in [-0.05, 0) is 37.3 Å². The molecule has 0 saturated heterocycles. The maximum atomic E-state index is 12.0. The lowest BCUT2D eigenvalue weighted by atomic mass is 9.95. The molecule has 1 atom stereocenters. The highest BCUT2D eigenvalue weighted by Gasteiger charge is 2.28. The number of fused-ring (bicyclic) bond motifs is 1. The van der Waals surface area contributed by atoms with Gasteiger partial charge in [-0.2, -0.15) is 0 Å². The Morgan fingerprint density at radius 3 is 2.64 bits per heavy atom. The van der Waals surface area contributed by atoms with E-state index in [1.165, 1.54) is 17.8 Å². The number of nitrogens with one attached hydrogen (secondary N) is 2. The zero-order valence-electron chi connectivity index (χ0n) is 14.4. The molecule has 1 fully saturated rings. The molecule has 1 heterocycles. The number of amides is 2. The fourth-order valence-electron chi connectivity index (χ4n) is 3.16. The first-order chi connectivity index (χ1) is 12.0. The molecule has 3 N–H and O–H groups in total. The van der Waals surface area contributed by atoms with Gasteiger partial charge in [-0.25, -0.2) is 0 Å². The number of rotatable bonds is 4. The number of carbonyl (C=O) groups excluding carboxylic acids is 2. The van der Waals surface area contributed by atoms with Gasteiger partial charge in [0.1, 0.15) is 5.60 Å². The molecule has 1 aliphatic carbocycles. The minimum atomic E-state index is -1.22. The van der Waals surface area contributed by atoms with Gasteiger partial charge in [0, 0.05) is 15.6 Å². The van der Waals surface area contributed by atoms with Gasteiger partial charge in [-0.1, -0.05) is 37.5 Å². The fourth-order valence-corrected chi connectivity index (χ4v) is 4.27. The second kappa shape index (κ2) is 7.54. The van der Waals surface area contributed by atoms with Crippen molar-refractivity contribution in [1.29, 1.82) is 0 Å². The van der Waals surface area contributed by atoms with Gasteiger partial charge >= 0.3 is 11.8 Å². The average molecular weight is 360 g/mol. The van der Waals surface area contributed by atoms with Crippen LogP contribution < -0.4 is 10.6 Å². The van der Waals surface area contributed by atoms with Crippen LogP contribution in [0, 0.1) is 0 Å². The molecule has 0 bridgehead atoms. The Kier molecular flexibility index (Phi) is 5.39. The van der Waals surface area contributed by atoms with Crippen LogP contribution in [0.5, 0.6) is 0 Å². The molecule has 1 aliphatic rings. The zero-order chi connectivity index (χ0) is 17.9. The fraction of sp³-hybridized carbons (Fsp3) is 0.474. The summed E-state index contributed by atoms with van der Waals surface area (Å²) < 4.78 is 1.08. The lowest BCUT2D eigenvalue weighted by Crippen LogP contribution is -2.48. The molecule has 1 aromatic heterocycles. The molecule has 0 spiro atoms. The van der Waals surface area contributed by atoms with E-state index >= 15 is 0 Å². The van der Waals surface area contributed by atoms with E-state index in [9.17, 15) is 14.7 Å². The normalized spacial score (nSPS) is 17.8. The summed E-state index contributed by atoms with van der Waals surface area (Å²) in [7, 11) is 0. The van der Waals surface area contributed by atoms with E-state index in [2.05, 4.69) is 10.6 Å². The molecular formula is C19H24N2O3S. The van der Waals surface area contributed by atoms with E-state index in [1.807, 2.05) is 30.3 Å². The summed E-state index contributed by atoms with van der Waals surface area (Å²) in [5.74, 6) is -1.30. The van der Waals surface area contributed by atoms with E-state index in [0.717, 1.165) is 40.6 Å². The molecule has 1 unspecified atom stereocenters. The minimum absolute atomic E-state index is 0.00323. The van der Waals surface area contributed by atoms with Crippen LogP contribution in [-0.2, 0) is 15.2 Å². The minimum Gasteiger partial charge on any atom is -0.383 e. The Labute approximate surface area is 151 Å². The first kappa shape index (κ1) is 17.9. The molecule has 2 amide bonds. The highest BCUT2D eigenvalue weighted by atomic mass is 32.1. The van der Waals surface area contributed by atoms with Crippen LogP contribution in [0.1, 0.15) is 43.9 Å². The molecular weight excluding hydrogens is 336 g/mol. The Morgan fingerprint density at radius 1 is 1.20 bits per heavy atom. The number of thiophene rings is 1. The highest BCUT2D eigenvalue weighted by molar-refractivity contribution is 7.19. The maximum absolute atomic E-state index is 12.0. The molecule has 0 radical (unpaired) electrons. The van der Waals surface area contributed by atoms with Gasteiger partial charge in [0.25, 0.3) is 0 Å². The molecule has 1 saturated carbocycles. The van der Waals surface area contributed by atoms with Crippen LogP contribution in [0.4, 0.5) is 0 Å². The molecule has 25 heavy (non-hydrogen) atoms. The first-order valence-corrected chi connectivity index (χ1v) is 9.57. The Balaban J connectivity index is 1.57. The van der Waals surface area contributed by atoms with E-state index in [4.69, 9.17) is 0 Å². The first-order valence-electron chi connectivity index (χ1n) is 8.76. The van der Waals surface area contributed by atoms with Crippen molar-refractivity contribution in [3.63, 3.8) is 0 Å². The zero-order valence-corrected chi connectivity index (χ0v) is 15.2. The molecule has 134 valence electrons. The molecule has 5 nitrogen and oxygen atoms in total. The third-order valence-electron chi connectivity index (χ3n) is 4.70. The summed E-state index contributed by atoms with van der Waals surface area (Å²) in [5.41, 5.74) is -1.22. The molecule has 6 heteroatoms. The van der Waals surface area contributed by atoms with Crippen molar-refractivity contribution in [2.75, 3.05) is 6.54 Å². The van der Waals surface area contributed by atoms with Crippen molar-refractivity contribution < 1.29 is 14.7 Å². The smallest absolute Gasteiger partial charge is 0.309 e. The second-order valence-corrected chi connectivity index (χ2v) is 8.00. The highest BCUT2D eigenvalue weighted by Crippen LogP contribution is 2.32. The topological polar surface area (TPSA) is 78.4 Å². The average Bonchev–Trinajstić information content (AvgIpc) is 3.06. The largest absolute Gasteiger partial charge is 0.383 e. The predicted molar refractivity (Wildman–Crippen MR) is 99.4 cm³/mol. The number of hydrogen-bond acceptors (Lipinski definition) is 4. The third-order valence-corrected chi connectivity index (χ3v) is 6.07. The number of hydrogen-bond donors (Lipinski definition) is 3. The quantitative estimate of drug-likeness (QED) is 0.734. The van der Waals surface area contributed by atoms with Crippen LogP contribution in [0.15, 0.2) is 30.3 Å². The van der Waals surface area contributed by atoms with Crippen molar-refractivity contribution in [3.8, 4) is 0 Å². The van der Waals surface area contributed by atoms with Crippen molar-refractivity contribution in [1.82, 2.24) is 10.6 Å². The SMILES string of the molecule is CC(O)(CNC(=O)C(=O)NC1CCCCC1)c1cc2ccccc2s1. The Morgan fingerprint density at radius 2 is 1.92 bits per heavy atom. The van der Waals surface area contributed by atoms with E-state index in [1.54, 1.807) is 6.92 Å². The van der Waals surface area contributed by atoms with Gasteiger partial charge in [0.2, 0.25) is 0 Å². The van der Waals surface area contributed by atoms with Crippen LogP contribution in [0.3, 0.4) is 0 Å². The van der Waals surface area contributed by atoms with Gasteiger partial charge in [0.05, 0.1) is 6.54 Å². The lowest BCUT2D eigenvalue weighted by Gasteiger charge is -2.24. The van der Waals surface area contributed by atoms with E-state index < -0.39 is 17.4 Å². The van der Waals surface area contributed by atoms with E-state index in [0.29, 0.717) is 0 Å². The Hall–Kier alpha value is -1.92. The number of aliphatic hydroxyl groups is 1. The van der Waals surface area contributed by atoms with Crippen molar-refractivity contribution in [2.24, 2.45) is 0 Å². The number of benzene rings is 1. The molecule has 2 aromatic rings. The van der Waals surface area contributed by atoms with Gasteiger partial charge < -0.3 is 15.7 Å². The molecule has 0 aliphatic heterocycles. The van der Waals surface area contributed by atoms with Crippen molar-refractivity contribution >= 4 is 33.2 Å². The second-order valence-electron chi connectivity index (χ2n) is 6.91. The monoisotopic (exact) mass is 360 g/mol. The summed E-state index contributed by atoms with van der Waals surface area (Å²) in [4.78, 5) is 24.8. The Bertz CT molecular complexity index is 730. The predicted octanol–water partition coefficient (Wildman–Crippen LogP) is 2.67. The van der Waals surface area contributed by atoms with Crippen LogP contribution in [-0.4, -0.2) is 29.5 Å². The lowest BCUT2D eigenvalue weighted by molar-refractivity contribution is -0.140. The summed E-state index contributed by atoms with van der Waals surface area (Å²) >= 11 is 1.49. The van der Waals surface area contributed by atoms with Crippen molar-refractivity contribution in [3.05, 3.63) is 35.2 Å². The van der Waals surface area contributed by atoms with Crippen LogP contribution >= 0.6 is 11.3 Å².